The summed E-state index contributed by atoms with van der Waals surface area (Å²) in [6, 6.07) is 5.44. The summed E-state index contributed by atoms with van der Waals surface area (Å²) in [6.45, 7) is 6.57. The van der Waals surface area contributed by atoms with E-state index in [1.54, 1.807) is 25.2 Å². The third-order valence-corrected chi connectivity index (χ3v) is 3.03. The van der Waals surface area contributed by atoms with Gasteiger partial charge in [0.25, 0.3) is 0 Å². The maximum absolute atomic E-state index is 12.3. The van der Waals surface area contributed by atoms with Crippen molar-refractivity contribution in [2.24, 2.45) is 0 Å². The quantitative estimate of drug-likeness (QED) is 0.834. The summed E-state index contributed by atoms with van der Waals surface area (Å²) >= 11 is 0. The predicted octanol–water partition coefficient (Wildman–Crippen LogP) is 2.57. The molecule has 1 rings (SSSR count). The van der Waals surface area contributed by atoms with Gasteiger partial charge < -0.3 is 24.2 Å². The molecule has 23 heavy (non-hydrogen) atoms. The number of rotatable bonds is 7. The first-order valence-corrected chi connectivity index (χ1v) is 7.53. The third-order valence-electron chi connectivity index (χ3n) is 3.03. The van der Waals surface area contributed by atoms with Crippen molar-refractivity contribution in [1.82, 2.24) is 4.90 Å². The first kappa shape index (κ1) is 19.3. The number of methoxy groups -OCH3 is 2. The van der Waals surface area contributed by atoms with E-state index in [1.807, 2.05) is 32.9 Å². The van der Waals surface area contributed by atoms with Crippen LogP contribution >= 0.6 is 0 Å². The van der Waals surface area contributed by atoms with E-state index in [0.717, 1.165) is 11.1 Å². The molecule has 0 aliphatic rings. The number of aliphatic hydroxyl groups is 1. The van der Waals surface area contributed by atoms with E-state index in [1.165, 1.54) is 0 Å². The Balaban J connectivity index is 2.93. The molecule has 0 aliphatic heterocycles. The molecule has 1 N–H and O–H groups in total. The number of amides is 1. The molecule has 0 aromatic heterocycles. The fourth-order valence-electron chi connectivity index (χ4n) is 2.01. The van der Waals surface area contributed by atoms with Gasteiger partial charge >= 0.3 is 6.09 Å². The number of hydrogen-bond donors (Lipinski definition) is 1. The molecule has 0 radical (unpaired) electrons. The lowest BCUT2D eigenvalue weighted by atomic mass is 10.1. The minimum absolute atomic E-state index is 0.0886. The van der Waals surface area contributed by atoms with Crippen molar-refractivity contribution in [3.63, 3.8) is 0 Å². The number of hydrogen-bond acceptors (Lipinski definition) is 5. The summed E-state index contributed by atoms with van der Waals surface area (Å²) in [5.74, 6) is 0.641. The minimum Gasteiger partial charge on any atom is -0.497 e. The molecule has 0 saturated heterocycles. The monoisotopic (exact) mass is 325 g/mol. The zero-order chi connectivity index (χ0) is 17.5. The van der Waals surface area contributed by atoms with E-state index < -0.39 is 11.7 Å². The largest absolute Gasteiger partial charge is 0.497 e. The Morgan fingerprint density at radius 1 is 1.17 bits per heavy atom. The van der Waals surface area contributed by atoms with Crippen molar-refractivity contribution in [1.29, 1.82) is 0 Å². The Morgan fingerprint density at radius 3 is 2.35 bits per heavy atom. The van der Waals surface area contributed by atoms with Gasteiger partial charge in [0.1, 0.15) is 11.4 Å². The van der Waals surface area contributed by atoms with Gasteiger partial charge in [-0.25, -0.2) is 4.79 Å². The van der Waals surface area contributed by atoms with E-state index in [-0.39, 0.29) is 6.61 Å². The second-order valence-corrected chi connectivity index (χ2v) is 6.24. The van der Waals surface area contributed by atoms with Gasteiger partial charge in [-0.2, -0.15) is 0 Å². The fraction of sp³-hybridized carbons (Fsp3) is 0.588. The van der Waals surface area contributed by atoms with Crippen LogP contribution in [0.15, 0.2) is 18.2 Å². The highest BCUT2D eigenvalue weighted by Gasteiger charge is 2.22. The van der Waals surface area contributed by atoms with Gasteiger partial charge in [-0.05, 0) is 44.0 Å². The molecule has 6 nitrogen and oxygen atoms in total. The van der Waals surface area contributed by atoms with Gasteiger partial charge in [0.15, 0.2) is 0 Å². The molecule has 0 saturated carbocycles. The molecule has 0 spiro atoms. The molecule has 6 heteroatoms. The second kappa shape index (κ2) is 8.74. The average Bonchev–Trinajstić information content (AvgIpc) is 2.49. The number of ether oxygens (including phenoxy) is 3. The minimum atomic E-state index is -0.562. The van der Waals surface area contributed by atoms with Gasteiger partial charge in [-0.1, -0.05) is 6.07 Å². The normalized spacial score (nSPS) is 11.2. The molecule has 0 bridgehead atoms. The maximum atomic E-state index is 12.3. The molecule has 0 unspecified atom stereocenters. The number of carbonyl (C=O) groups is 1. The fourth-order valence-corrected chi connectivity index (χ4v) is 2.01. The van der Waals surface area contributed by atoms with E-state index in [9.17, 15) is 9.90 Å². The van der Waals surface area contributed by atoms with Crippen molar-refractivity contribution >= 4 is 6.09 Å². The predicted molar refractivity (Wildman–Crippen MR) is 87.4 cm³/mol. The van der Waals surface area contributed by atoms with Crippen LogP contribution in [0.3, 0.4) is 0 Å². The van der Waals surface area contributed by atoms with E-state index in [0.29, 0.717) is 25.4 Å². The van der Waals surface area contributed by atoms with E-state index in [4.69, 9.17) is 14.2 Å². The average molecular weight is 325 g/mol. The highest BCUT2D eigenvalue weighted by molar-refractivity contribution is 5.68. The summed E-state index contributed by atoms with van der Waals surface area (Å²) < 4.78 is 15.7. The molecule has 1 aromatic rings. The third kappa shape index (κ3) is 6.88. The molecule has 0 aliphatic carbocycles. The Bertz CT molecular complexity index is 488. The smallest absolute Gasteiger partial charge is 0.410 e. The number of benzene rings is 1. The lowest BCUT2D eigenvalue weighted by molar-refractivity contribution is 0.0183. The van der Waals surface area contributed by atoms with Crippen LogP contribution in [0.1, 0.15) is 31.9 Å². The number of aliphatic hydroxyl groups excluding tert-OH is 1. The zero-order valence-electron chi connectivity index (χ0n) is 14.6. The molecular formula is C17H27NO5. The van der Waals surface area contributed by atoms with Crippen LogP contribution in [0, 0.1) is 0 Å². The first-order chi connectivity index (χ1) is 10.8. The molecule has 0 atom stereocenters. The van der Waals surface area contributed by atoms with Crippen molar-refractivity contribution in [2.75, 3.05) is 27.4 Å². The van der Waals surface area contributed by atoms with Crippen molar-refractivity contribution in [2.45, 2.75) is 39.5 Å². The highest BCUT2D eigenvalue weighted by atomic mass is 16.6. The van der Waals surface area contributed by atoms with Crippen LogP contribution in [-0.2, 0) is 22.6 Å². The summed E-state index contributed by atoms with van der Waals surface area (Å²) in [4.78, 5) is 13.9. The molecule has 1 amide bonds. The Kier molecular flexibility index (Phi) is 7.32. The van der Waals surface area contributed by atoms with Crippen molar-refractivity contribution in [3.05, 3.63) is 29.3 Å². The standard InChI is InChI=1S/C17H27NO5/c1-17(2,3)23-16(20)18(6-7-21-4)11-13-8-14(12-19)10-15(9-13)22-5/h8-10,19H,6-7,11-12H2,1-5H3. The van der Waals surface area contributed by atoms with Crippen LogP contribution in [0.2, 0.25) is 0 Å². The van der Waals surface area contributed by atoms with E-state index in [2.05, 4.69) is 0 Å². The number of nitrogens with zero attached hydrogens (tertiary/aromatic N) is 1. The van der Waals surface area contributed by atoms with Gasteiger partial charge in [0, 0.05) is 20.2 Å². The topological polar surface area (TPSA) is 68.2 Å². The summed E-state index contributed by atoms with van der Waals surface area (Å²) in [7, 11) is 3.15. The summed E-state index contributed by atoms with van der Waals surface area (Å²) in [6.07, 6.45) is -0.400. The summed E-state index contributed by atoms with van der Waals surface area (Å²) in [5.41, 5.74) is 1.03. The van der Waals surface area contributed by atoms with Gasteiger partial charge in [0.05, 0.1) is 20.3 Å². The lowest BCUT2D eigenvalue weighted by Gasteiger charge is -2.27. The number of carbonyl (C=O) groups excluding carboxylic acids is 1. The molecular weight excluding hydrogens is 298 g/mol. The SMILES string of the molecule is COCCN(Cc1cc(CO)cc(OC)c1)C(=O)OC(C)(C)C. The van der Waals surface area contributed by atoms with E-state index >= 15 is 0 Å². The second-order valence-electron chi connectivity index (χ2n) is 6.24. The zero-order valence-corrected chi connectivity index (χ0v) is 14.6. The Morgan fingerprint density at radius 2 is 1.83 bits per heavy atom. The van der Waals surface area contributed by atoms with Crippen LogP contribution in [0.4, 0.5) is 4.79 Å². The molecule has 0 heterocycles. The van der Waals surface area contributed by atoms with Gasteiger partial charge in [0.2, 0.25) is 0 Å². The van der Waals surface area contributed by atoms with Gasteiger partial charge in [-0.3, -0.25) is 0 Å². The molecule has 1 aromatic carbocycles. The molecule has 130 valence electrons. The Hall–Kier alpha value is -1.79. The maximum Gasteiger partial charge on any atom is 0.410 e. The van der Waals surface area contributed by atoms with Crippen LogP contribution in [0.5, 0.6) is 5.75 Å². The molecule has 0 fully saturated rings. The van der Waals surface area contributed by atoms with Crippen LogP contribution in [-0.4, -0.2) is 49.1 Å². The highest BCUT2D eigenvalue weighted by Crippen LogP contribution is 2.19. The van der Waals surface area contributed by atoms with Crippen LogP contribution in [0.25, 0.3) is 0 Å². The summed E-state index contributed by atoms with van der Waals surface area (Å²) in [5, 5.41) is 9.34. The van der Waals surface area contributed by atoms with Gasteiger partial charge in [-0.15, -0.1) is 0 Å². The van der Waals surface area contributed by atoms with Crippen LogP contribution < -0.4 is 4.74 Å². The van der Waals surface area contributed by atoms with Crippen molar-refractivity contribution in [3.8, 4) is 5.75 Å². The Labute approximate surface area is 138 Å². The van der Waals surface area contributed by atoms with Crippen molar-refractivity contribution < 1.29 is 24.1 Å². The lowest BCUT2D eigenvalue weighted by Crippen LogP contribution is -2.38. The first-order valence-electron chi connectivity index (χ1n) is 7.53.